The Morgan fingerprint density at radius 2 is 1.87 bits per heavy atom. The first-order chi connectivity index (χ1) is 11.0. The summed E-state index contributed by atoms with van der Waals surface area (Å²) in [5, 5.41) is 0.725. The minimum Gasteiger partial charge on any atom is -0.388 e. The Kier molecular flexibility index (Phi) is 7.75. The Hall–Kier alpha value is -0.210. The van der Waals surface area contributed by atoms with Crippen molar-refractivity contribution < 1.29 is 13.6 Å². The van der Waals surface area contributed by atoms with Gasteiger partial charge in [-0.1, -0.05) is 35.5 Å². The van der Waals surface area contributed by atoms with Crippen LogP contribution in [0.1, 0.15) is 19.4 Å². The van der Waals surface area contributed by atoms with E-state index in [1.165, 1.54) is 11.5 Å². The number of halogens is 1. The number of hydrogen-bond acceptors (Lipinski definition) is 8. The lowest BCUT2D eigenvalue weighted by Gasteiger charge is -2.18. The highest BCUT2D eigenvalue weighted by molar-refractivity contribution is 8.07. The average molecular weight is 411 g/mol. The lowest BCUT2D eigenvalue weighted by Crippen LogP contribution is -2.02. The van der Waals surface area contributed by atoms with E-state index in [2.05, 4.69) is 9.36 Å². The molecule has 2 rings (SSSR count). The lowest BCUT2D eigenvalue weighted by atomic mass is 10.2. The summed E-state index contributed by atoms with van der Waals surface area (Å²) in [6.07, 6.45) is 0. The minimum absolute atomic E-state index is 0.207. The lowest BCUT2D eigenvalue weighted by molar-refractivity contribution is 0.214. The standard InChI is InChI=1S/C13H16ClN2O3PS3/c1-3-17-20(21,18-4-2)19-12-15-13(23-16-12)22-9-10-5-7-11(14)8-6-10/h5-8H,3-4,9H2,1-2H3. The smallest absolute Gasteiger partial charge is 0.382 e. The van der Waals surface area contributed by atoms with Gasteiger partial charge in [0.15, 0.2) is 4.34 Å². The third-order valence-electron chi connectivity index (χ3n) is 2.43. The quantitative estimate of drug-likeness (QED) is 0.418. The molecule has 0 saturated carbocycles. The molecule has 0 amide bonds. The highest BCUT2D eigenvalue weighted by Gasteiger charge is 2.23. The number of rotatable bonds is 9. The topological polar surface area (TPSA) is 53.5 Å². The molecule has 1 aromatic heterocycles. The van der Waals surface area contributed by atoms with Crippen LogP contribution >= 0.6 is 41.6 Å². The summed E-state index contributed by atoms with van der Waals surface area (Å²) in [6, 6.07) is 7.91. The van der Waals surface area contributed by atoms with Crippen molar-refractivity contribution in [1.29, 1.82) is 0 Å². The van der Waals surface area contributed by atoms with E-state index in [0.717, 1.165) is 20.7 Å². The van der Waals surface area contributed by atoms with E-state index in [1.54, 1.807) is 11.8 Å². The fourth-order valence-electron chi connectivity index (χ4n) is 1.52. The van der Waals surface area contributed by atoms with E-state index in [-0.39, 0.29) is 6.01 Å². The molecule has 2 aromatic rings. The Morgan fingerprint density at radius 1 is 1.22 bits per heavy atom. The SMILES string of the molecule is CCOP(=S)(OCC)Oc1nsc(SCc2ccc(Cl)cc2)n1. The Morgan fingerprint density at radius 3 is 2.48 bits per heavy atom. The van der Waals surface area contributed by atoms with Gasteiger partial charge in [0, 0.05) is 22.6 Å². The Balaban J connectivity index is 1.94. The number of benzene rings is 1. The summed E-state index contributed by atoms with van der Waals surface area (Å²) in [4.78, 5) is 4.32. The number of aromatic nitrogens is 2. The zero-order chi connectivity index (χ0) is 16.7. The van der Waals surface area contributed by atoms with Gasteiger partial charge in [-0.2, -0.15) is 4.98 Å². The van der Waals surface area contributed by atoms with Gasteiger partial charge in [0.1, 0.15) is 0 Å². The second-order valence-electron chi connectivity index (χ2n) is 4.13. The van der Waals surface area contributed by atoms with Crippen molar-refractivity contribution in [1.82, 2.24) is 9.36 Å². The summed E-state index contributed by atoms with van der Waals surface area (Å²) in [7, 11) is 0. The highest BCUT2D eigenvalue weighted by atomic mass is 35.5. The number of thioether (sulfide) groups is 1. The third kappa shape index (κ3) is 6.31. The maximum Gasteiger partial charge on any atom is 0.382 e. The maximum atomic E-state index is 5.87. The van der Waals surface area contributed by atoms with Crippen molar-refractivity contribution in [3.05, 3.63) is 34.9 Å². The van der Waals surface area contributed by atoms with Crippen LogP contribution in [0.25, 0.3) is 0 Å². The van der Waals surface area contributed by atoms with Crippen molar-refractivity contribution in [3.8, 4) is 6.01 Å². The summed E-state index contributed by atoms with van der Waals surface area (Å²) in [6.45, 7) is 1.69. The highest BCUT2D eigenvalue weighted by Crippen LogP contribution is 2.49. The molecule has 126 valence electrons. The largest absolute Gasteiger partial charge is 0.388 e. The summed E-state index contributed by atoms with van der Waals surface area (Å²) in [5.74, 6) is 0.775. The van der Waals surface area contributed by atoms with Crippen LogP contribution in [-0.4, -0.2) is 22.6 Å². The molecule has 1 aromatic carbocycles. The van der Waals surface area contributed by atoms with E-state index in [0.29, 0.717) is 13.2 Å². The van der Waals surface area contributed by atoms with Crippen molar-refractivity contribution in [3.63, 3.8) is 0 Å². The molecule has 0 bridgehead atoms. The Bertz CT molecular complexity index is 659. The molecule has 0 aliphatic carbocycles. The predicted molar refractivity (Wildman–Crippen MR) is 99.1 cm³/mol. The fraction of sp³-hybridized carbons (Fsp3) is 0.385. The van der Waals surface area contributed by atoms with Crippen LogP contribution < -0.4 is 4.52 Å². The summed E-state index contributed by atoms with van der Waals surface area (Å²) >= 11 is 14.0. The predicted octanol–water partition coefficient (Wildman–Crippen LogP) is 5.16. The van der Waals surface area contributed by atoms with E-state index < -0.39 is 6.72 Å². The van der Waals surface area contributed by atoms with Crippen LogP contribution in [0.4, 0.5) is 0 Å². The number of nitrogens with zero attached hydrogens (tertiary/aromatic N) is 2. The van der Waals surface area contributed by atoms with Gasteiger partial charge < -0.3 is 4.52 Å². The minimum atomic E-state index is -2.82. The van der Waals surface area contributed by atoms with Crippen LogP contribution in [0.5, 0.6) is 6.01 Å². The molecular formula is C13H16ClN2O3PS3. The molecule has 1 heterocycles. The van der Waals surface area contributed by atoms with Crippen LogP contribution in [0, 0.1) is 0 Å². The molecule has 10 heteroatoms. The van der Waals surface area contributed by atoms with Gasteiger partial charge in [-0.15, -0.1) is 4.37 Å². The molecular weight excluding hydrogens is 395 g/mol. The van der Waals surface area contributed by atoms with Crippen LogP contribution in [-0.2, 0) is 26.6 Å². The molecule has 23 heavy (non-hydrogen) atoms. The van der Waals surface area contributed by atoms with Crippen LogP contribution in [0.15, 0.2) is 28.6 Å². The summed E-state index contributed by atoms with van der Waals surface area (Å²) in [5.41, 5.74) is 1.16. The zero-order valence-corrected chi connectivity index (χ0v) is 16.7. The molecule has 0 radical (unpaired) electrons. The molecule has 0 saturated heterocycles. The van der Waals surface area contributed by atoms with Gasteiger partial charge in [0.05, 0.1) is 13.2 Å². The first-order valence-electron chi connectivity index (χ1n) is 6.84. The van der Waals surface area contributed by atoms with E-state index in [1.807, 2.05) is 38.1 Å². The average Bonchev–Trinajstić information content (AvgIpc) is 2.94. The molecule has 0 aliphatic heterocycles. The van der Waals surface area contributed by atoms with Gasteiger partial charge in [0.25, 0.3) is 0 Å². The van der Waals surface area contributed by atoms with Gasteiger partial charge in [-0.3, -0.25) is 9.05 Å². The van der Waals surface area contributed by atoms with E-state index in [9.17, 15) is 0 Å². The zero-order valence-electron chi connectivity index (χ0n) is 12.6. The fourth-order valence-corrected chi connectivity index (χ4v) is 5.11. The van der Waals surface area contributed by atoms with Crippen molar-refractivity contribution in [2.75, 3.05) is 13.2 Å². The monoisotopic (exact) mass is 410 g/mol. The van der Waals surface area contributed by atoms with Gasteiger partial charge in [0.2, 0.25) is 0 Å². The van der Waals surface area contributed by atoms with E-state index >= 15 is 0 Å². The molecule has 0 unspecified atom stereocenters. The summed E-state index contributed by atoms with van der Waals surface area (Å²) < 4.78 is 21.3. The second-order valence-corrected chi connectivity index (χ2v) is 9.48. The van der Waals surface area contributed by atoms with Crippen molar-refractivity contribution >= 4 is 53.4 Å². The molecule has 5 nitrogen and oxygen atoms in total. The van der Waals surface area contributed by atoms with Gasteiger partial charge >= 0.3 is 12.7 Å². The van der Waals surface area contributed by atoms with Crippen molar-refractivity contribution in [2.24, 2.45) is 0 Å². The van der Waals surface area contributed by atoms with E-state index in [4.69, 9.17) is 37.0 Å². The first kappa shape index (κ1) is 19.1. The van der Waals surface area contributed by atoms with Gasteiger partial charge in [-0.25, -0.2) is 0 Å². The molecule has 0 fully saturated rings. The molecule has 0 N–H and O–H groups in total. The molecule has 0 aliphatic rings. The van der Waals surface area contributed by atoms with Crippen LogP contribution in [0.2, 0.25) is 5.02 Å². The van der Waals surface area contributed by atoms with Crippen molar-refractivity contribution in [2.45, 2.75) is 23.9 Å². The first-order valence-corrected chi connectivity index (χ1v) is 11.5. The third-order valence-corrected chi connectivity index (χ3v) is 6.96. The normalized spacial score (nSPS) is 11.6. The van der Waals surface area contributed by atoms with Crippen LogP contribution in [0.3, 0.4) is 0 Å². The number of hydrogen-bond donors (Lipinski definition) is 0. The Labute approximate surface area is 154 Å². The van der Waals surface area contributed by atoms with Gasteiger partial charge in [-0.05, 0) is 43.1 Å². The second kappa shape index (κ2) is 9.32. The molecule has 0 atom stereocenters. The maximum absolute atomic E-state index is 5.87. The molecule has 0 spiro atoms.